The summed E-state index contributed by atoms with van der Waals surface area (Å²) in [5.41, 5.74) is 1.91. The van der Waals surface area contributed by atoms with Gasteiger partial charge in [0.2, 0.25) is 0 Å². The first kappa shape index (κ1) is 9.81. The molecule has 1 aliphatic heterocycles. The minimum absolute atomic E-state index is 0.0835. The van der Waals surface area contributed by atoms with E-state index in [1.54, 1.807) is 12.1 Å². The van der Waals surface area contributed by atoms with E-state index in [9.17, 15) is 5.11 Å². The van der Waals surface area contributed by atoms with Gasteiger partial charge in [0.25, 0.3) is 0 Å². The number of phenolic OH excluding ortho intramolecular Hbond substituents is 1. The van der Waals surface area contributed by atoms with Crippen LogP contribution < -0.4 is 10.1 Å². The highest BCUT2D eigenvalue weighted by atomic mass is 16.5. The maximum Gasteiger partial charge on any atom is 0.160 e. The van der Waals surface area contributed by atoms with Crippen molar-refractivity contribution in [2.24, 2.45) is 0 Å². The van der Waals surface area contributed by atoms with Crippen molar-refractivity contribution < 1.29 is 9.84 Å². The zero-order chi connectivity index (χ0) is 10.8. The average molecular weight is 204 g/mol. The third-order valence-corrected chi connectivity index (χ3v) is 2.62. The molecule has 0 saturated heterocycles. The second-order valence-corrected chi connectivity index (χ2v) is 3.49. The van der Waals surface area contributed by atoms with Gasteiger partial charge in [-0.05, 0) is 29.7 Å². The zero-order valence-corrected chi connectivity index (χ0v) is 8.45. The van der Waals surface area contributed by atoms with E-state index in [0.717, 1.165) is 24.1 Å². The fraction of sp³-hybridized carbons (Fsp3) is 0.364. The van der Waals surface area contributed by atoms with Gasteiger partial charge >= 0.3 is 0 Å². The van der Waals surface area contributed by atoms with Crippen molar-refractivity contribution in [2.45, 2.75) is 12.5 Å². The molecule has 4 heteroatoms. The molecular formula is C11H12N2O2. The molecule has 2 rings (SSSR count). The standard InChI is InChI=1S/C11H12N2O2/c1-15-11-4-7-2-3-13-9(6-12)8(7)5-10(11)14/h4-5,9,13-14H,2-3H2,1H3/t9-/m1/s1. The van der Waals surface area contributed by atoms with Crippen LogP contribution in [0.2, 0.25) is 0 Å². The van der Waals surface area contributed by atoms with Crippen molar-refractivity contribution in [2.75, 3.05) is 13.7 Å². The van der Waals surface area contributed by atoms with E-state index in [2.05, 4.69) is 11.4 Å². The normalized spacial score (nSPS) is 19.1. The lowest BCUT2D eigenvalue weighted by Gasteiger charge is -2.22. The first-order valence-corrected chi connectivity index (χ1v) is 4.79. The van der Waals surface area contributed by atoms with Crippen LogP contribution in [-0.4, -0.2) is 18.8 Å². The van der Waals surface area contributed by atoms with Crippen LogP contribution in [0, 0.1) is 11.3 Å². The van der Waals surface area contributed by atoms with E-state index < -0.39 is 0 Å². The van der Waals surface area contributed by atoms with E-state index in [-0.39, 0.29) is 11.8 Å². The summed E-state index contributed by atoms with van der Waals surface area (Å²) in [6, 6.07) is 5.24. The van der Waals surface area contributed by atoms with E-state index in [0.29, 0.717) is 5.75 Å². The van der Waals surface area contributed by atoms with Gasteiger partial charge in [0, 0.05) is 6.54 Å². The maximum absolute atomic E-state index is 9.62. The number of phenols is 1. The van der Waals surface area contributed by atoms with Crippen LogP contribution in [0.5, 0.6) is 11.5 Å². The van der Waals surface area contributed by atoms with Gasteiger partial charge in [-0.15, -0.1) is 0 Å². The molecule has 0 saturated carbocycles. The topological polar surface area (TPSA) is 65.3 Å². The van der Waals surface area contributed by atoms with E-state index in [1.807, 2.05) is 0 Å². The van der Waals surface area contributed by atoms with Gasteiger partial charge in [0.15, 0.2) is 11.5 Å². The lowest BCUT2D eigenvalue weighted by Crippen LogP contribution is -2.28. The highest BCUT2D eigenvalue weighted by Gasteiger charge is 2.21. The van der Waals surface area contributed by atoms with Gasteiger partial charge in [0.1, 0.15) is 6.04 Å². The molecule has 1 aromatic carbocycles. The Balaban J connectivity index is 2.50. The molecule has 2 N–H and O–H groups in total. The van der Waals surface area contributed by atoms with E-state index in [1.165, 1.54) is 7.11 Å². The van der Waals surface area contributed by atoms with E-state index >= 15 is 0 Å². The Morgan fingerprint density at radius 3 is 3.07 bits per heavy atom. The lowest BCUT2D eigenvalue weighted by molar-refractivity contribution is 0.371. The molecule has 1 aliphatic rings. The molecule has 0 amide bonds. The number of aromatic hydroxyl groups is 1. The molecule has 0 fully saturated rings. The summed E-state index contributed by atoms with van der Waals surface area (Å²) >= 11 is 0. The minimum atomic E-state index is -0.328. The molecule has 4 nitrogen and oxygen atoms in total. The minimum Gasteiger partial charge on any atom is -0.504 e. The second kappa shape index (κ2) is 3.79. The molecule has 0 radical (unpaired) electrons. The van der Waals surface area contributed by atoms with Gasteiger partial charge in [-0.1, -0.05) is 0 Å². The fourth-order valence-electron chi connectivity index (χ4n) is 1.85. The van der Waals surface area contributed by atoms with Crippen LogP contribution in [0.1, 0.15) is 17.2 Å². The Morgan fingerprint density at radius 1 is 1.60 bits per heavy atom. The van der Waals surface area contributed by atoms with E-state index in [4.69, 9.17) is 10.00 Å². The molecule has 1 aromatic rings. The summed E-state index contributed by atoms with van der Waals surface area (Å²) in [6.07, 6.45) is 0.851. The highest BCUT2D eigenvalue weighted by Crippen LogP contribution is 2.33. The van der Waals surface area contributed by atoms with Gasteiger partial charge in [-0.2, -0.15) is 5.26 Å². The summed E-state index contributed by atoms with van der Waals surface area (Å²) in [4.78, 5) is 0. The lowest BCUT2D eigenvalue weighted by atomic mass is 9.94. The number of rotatable bonds is 1. The Morgan fingerprint density at radius 2 is 2.40 bits per heavy atom. The van der Waals surface area contributed by atoms with Crippen molar-refractivity contribution in [3.63, 3.8) is 0 Å². The summed E-state index contributed by atoms with van der Waals surface area (Å²) in [5.74, 6) is 0.549. The maximum atomic E-state index is 9.62. The molecule has 0 bridgehead atoms. The quantitative estimate of drug-likeness (QED) is 0.719. The number of hydrogen-bond donors (Lipinski definition) is 2. The summed E-state index contributed by atoms with van der Waals surface area (Å²) in [6.45, 7) is 0.777. The van der Waals surface area contributed by atoms with Gasteiger partial charge in [-0.3, -0.25) is 5.32 Å². The Hall–Kier alpha value is -1.73. The number of methoxy groups -OCH3 is 1. The molecule has 0 aromatic heterocycles. The van der Waals surface area contributed by atoms with Crippen LogP contribution in [0.15, 0.2) is 12.1 Å². The van der Waals surface area contributed by atoms with Gasteiger partial charge in [0.05, 0.1) is 13.2 Å². The predicted octanol–water partition coefficient (Wildman–Crippen LogP) is 1.11. The third kappa shape index (κ3) is 1.62. The summed E-state index contributed by atoms with van der Waals surface area (Å²) in [7, 11) is 1.52. The van der Waals surface area contributed by atoms with Gasteiger partial charge < -0.3 is 9.84 Å². The molecule has 1 heterocycles. The summed E-state index contributed by atoms with van der Waals surface area (Å²) in [5, 5.41) is 21.6. The van der Waals surface area contributed by atoms with Crippen molar-refractivity contribution >= 4 is 0 Å². The number of nitrogens with zero attached hydrogens (tertiary/aromatic N) is 1. The average Bonchev–Trinajstić information content (AvgIpc) is 2.27. The van der Waals surface area contributed by atoms with Crippen LogP contribution in [0.3, 0.4) is 0 Å². The summed E-state index contributed by atoms with van der Waals surface area (Å²) < 4.78 is 5.03. The Labute approximate surface area is 88.1 Å². The van der Waals surface area contributed by atoms with Crippen LogP contribution in [0.4, 0.5) is 0 Å². The molecule has 0 unspecified atom stereocenters. The van der Waals surface area contributed by atoms with Crippen molar-refractivity contribution in [3.8, 4) is 17.6 Å². The largest absolute Gasteiger partial charge is 0.504 e. The molecule has 0 aliphatic carbocycles. The Bertz CT molecular complexity index is 423. The highest BCUT2D eigenvalue weighted by molar-refractivity contribution is 5.49. The first-order valence-electron chi connectivity index (χ1n) is 4.79. The SMILES string of the molecule is COc1cc2c(cc1O)[C@@H](C#N)NCC2. The van der Waals surface area contributed by atoms with Crippen LogP contribution >= 0.6 is 0 Å². The van der Waals surface area contributed by atoms with Crippen molar-refractivity contribution in [1.82, 2.24) is 5.32 Å². The molecular weight excluding hydrogens is 192 g/mol. The fourth-order valence-corrected chi connectivity index (χ4v) is 1.85. The number of benzene rings is 1. The molecule has 1 atom stereocenters. The third-order valence-electron chi connectivity index (χ3n) is 2.62. The van der Waals surface area contributed by atoms with Crippen molar-refractivity contribution in [3.05, 3.63) is 23.3 Å². The number of ether oxygens (including phenoxy) is 1. The number of hydrogen-bond acceptors (Lipinski definition) is 4. The van der Waals surface area contributed by atoms with Crippen LogP contribution in [-0.2, 0) is 6.42 Å². The Kier molecular flexibility index (Phi) is 2.48. The van der Waals surface area contributed by atoms with Gasteiger partial charge in [-0.25, -0.2) is 0 Å². The molecule has 15 heavy (non-hydrogen) atoms. The zero-order valence-electron chi connectivity index (χ0n) is 8.45. The second-order valence-electron chi connectivity index (χ2n) is 3.49. The first-order chi connectivity index (χ1) is 7.26. The number of fused-ring (bicyclic) bond motifs is 1. The number of nitriles is 1. The smallest absolute Gasteiger partial charge is 0.160 e. The van der Waals surface area contributed by atoms with Crippen LogP contribution in [0.25, 0.3) is 0 Å². The van der Waals surface area contributed by atoms with Crippen molar-refractivity contribution in [1.29, 1.82) is 5.26 Å². The molecule has 0 spiro atoms. The molecule has 78 valence electrons. The monoisotopic (exact) mass is 204 g/mol. The predicted molar refractivity (Wildman–Crippen MR) is 54.7 cm³/mol. The number of nitrogens with one attached hydrogen (secondary N) is 1.